The fourth-order valence-corrected chi connectivity index (χ4v) is 2.74. The Kier molecular flexibility index (Phi) is 3.16. The zero-order chi connectivity index (χ0) is 16.0. The lowest BCUT2D eigenvalue weighted by Crippen LogP contribution is -2.20. The van der Waals surface area contributed by atoms with Gasteiger partial charge in [0.1, 0.15) is 17.4 Å². The van der Waals surface area contributed by atoms with Crippen LogP contribution in [-0.4, -0.2) is 9.97 Å². The van der Waals surface area contributed by atoms with Crippen molar-refractivity contribution in [2.24, 2.45) is 0 Å². The highest BCUT2D eigenvalue weighted by atomic mass is 35.5. The van der Waals surface area contributed by atoms with E-state index in [4.69, 9.17) is 16.3 Å². The molecular formula is C17H10ClFN2O2. The van der Waals surface area contributed by atoms with Gasteiger partial charge in [-0.15, -0.1) is 0 Å². The molecule has 0 fully saturated rings. The minimum Gasteiger partial charge on any atom is -0.438 e. The first-order chi connectivity index (χ1) is 11.1. The summed E-state index contributed by atoms with van der Waals surface area (Å²) in [5, 5.41) is 0.586. The molecule has 6 heteroatoms. The Bertz CT molecular complexity index is 967. The first-order valence-corrected chi connectivity index (χ1v) is 7.33. The summed E-state index contributed by atoms with van der Waals surface area (Å²) >= 11 is 5.97. The smallest absolute Gasteiger partial charge is 0.258 e. The van der Waals surface area contributed by atoms with Gasteiger partial charge in [0, 0.05) is 22.6 Å². The second-order valence-electron chi connectivity index (χ2n) is 5.24. The van der Waals surface area contributed by atoms with Gasteiger partial charge in [0.25, 0.3) is 5.56 Å². The number of benzene rings is 2. The molecule has 0 amide bonds. The topological polar surface area (TPSA) is 55.0 Å². The Hall–Kier alpha value is -2.66. The number of rotatable bonds is 1. The Morgan fingerprint density at radius 3 is 2.74 bits per heavy atom. The minimum atomic E-state index is -0.351. The van der Waals surface area contributed by atoms with Crippen molar-refractivity contribution in [3.05, 3.63) is 74.8 Å². The van der Waals surface area contributed by atoms with Crippen molar-refractivity contribution in [1.82, 2.24) is 9.97 Å². The van der Waals surface area contributed by atoms with Crippen LogP contribution in [0, 0.1) is 5.82 Å². The summed E-state index contributed by atoms with van der Waals surface area (Å²) in [4.78, 5) is 19.4. The molecule has 0 saturated carbocycles. The molecule has 0 saturated heterocycles. The quantitative estimate of drug-likeness (QED) is 0.576. The number of nitrogens with one attached hydrogen (secondary N) is 1. The van der Waals surface area contributed by atoms with Crippen LogP contribution in [0.5, 0.6) is 11.6 Å². The number of ether oxygens (including phenoxy) is 1. The third kappa shape index (κ3) is 2.49. The van der Waals surface area contributed by atoms with E-state index in [9.17, 15) is 9.18 Å². The van der Waals surface area contributed by atoms with Crippen LogP contribution >= 0.6 is 11.6 Å². The lowest BCUT2D eigenvalue weighted by Gasteiger charge is -2.19. The maximum Gasteiger partial charge on any atom is 0.258 e. The van der Waals surface area contributed by atoms with Crippen molar-refractivity contribution in [3.8, 4) is 23.0 Å². The summed E-state index contributed by atoms with van der Waals surface area (Å²) in [7, 11) is 0. The van der Waals surface area contributed by atoms with E-state index in [1.807, 2.05) is 0 Å². The highest BCUT2D eigenvalue weighted by molar-refractivity contribution is 6.30. The molecule has 0 aliphatic carbocycles. The number of halogens is 2. The normalized spacial score (nSPS) is 12.3. The summed E-state index contributed by atoms with van der Waals surface area (Å²) in [6, 6.07) is 11.0. The van der Waals surface area contributed by atoms with Crippen molar-refractivity contribution < 1.29 is 9.13 Å². The van der Waals surface area contributed by atoms with Gasteiger partial charge in [0.15, 0.2) is 0 Å². The summed E-state index contributed by atoms with van der Waals surface area (Å²) in [6.07, 6.45) is 0.400. The maximum atomic E-state index is 13.0. The molecule has 114 valence electrons. The molecule has 0 bridgehead atoms. The predicted molar refractivity (Wildman–Crippen MR) is 84.6 cm³/mol. The monoisotopic (exact) mass is 328 g/mol. The van der Waals surface area contributed by atoms with Crippen molar-refractivity contribution in [2.45, 2.75) is 6.42 Å². The first kappa shape index (κ1) is 14.0. The molecule has 0 radical (unpaired) electrons. The lowest BCUT2D eigenvalue weighted by atomic mass is 10.0. The van der Waals surface area contributed by atoms with Gasteiger partial charge in [0.2, 0.25) is 5.88 Å². The van der Waals surface area contributed by atoms with Gasteiger partial charge in [-0.1, -0.05) is 11.6 Å². The largest absolute Gasteiger partial charge is 0.438 e. The first-order valence-electron chi connectivity index (χ1n) is 6.95. The van der Waals surface area contributed by atoms with Gasteiger partial charge in [-0.25, -0.2) is 4.39 Å². The van der Waals surface area contributed by atoms with E-state index in [0.717, 1.165) is 5.56 Å². The third-order valence-electron chi connectivity index (χ3n) is 3.69. The van der Waals surface area contributed by atoms with Crippen LogP contribution in [0.4, 0.5) is 4.39 Å². The summed E-state index contributed by atoms with van der Waals surface area (Å²) in [5.41, 5.74) is 1.62. The van der Waals surface area contributed by atoms with Crippen LogP contribution in [0.3, 0.4) is 0 Å². The molecule has 23 heavy (non-hydrogen) atoms. The SMILES string of the molecule is O=c1[nH]c(-c2ccc(F)cc2)nc2c1Cc1cc(Cl)ccc1O2. The molecule has 1 aromatic heterocycles. The fourth-order valence-electron chi connectivity index (χ4n) is 2.54. The molecule has 4 rings (SSSR count). The van der Waals surface area contributed by atoms with Gasteiger partial charge < -0.3 is 9.72 Å². The molecule has 0 atom stereocenters. The third-order valence-corrected chi connectivity index (χ3v) is 3.93. The van der Waals surface area contributed by atoms with Gasteiger partial charge >= 0.3 is 0 Å². The molecule has 1 aliphatic heterocycles. The zero-order valence-corrected chi connectivity index (χ0v) is 12.5. The van der Waals surface area contributed by atoms with Crippen LogP contribution in [0.15, 0.2) is 47.3 Å². The molecule has 3 aromatic rings. The van der Waals surface area contributed by atoms with Crippen molar-refractivity contribution in [2.75, 3.05) is 0 Å². The number of aromatic amines is 1. The van der Waals surface area contributed by atoms with Crippen molar-refractivity contribution >= 4 is 11.6 Å². The average molecular weight is 329 g/mol. The van der Waals surface area contributed by atoms with Gasteiger partial charge in [0.05, 0.1) is 5.56 Å². The minimum absolute atomic E-state index is 0.267. The molecule has 2 aromatic carbocycles. The van der Waals surface area contributed by atoms with E-state index in [1.165, 1.54) is 12.1 Å². The van der Waals surface area contributed by atoms with E-state index in [1.54, 1.807) is 30.3 Å². The lowest BCUT2D eigenvalue weighted by molar-refractivity contribution is 0.438. The maximum absolute atomic E-state index is 13.0. The molecule has 4 nitrogen and oxygen atoms in total. The molecule has 2 heterocycles. The van der Waals surface area contributed by atoms with Crippen LogP contribution in [-0.2, 0) is 6.42 Å². The molecule has 1 N–H and O–H groups in total. The van der Waals surface area contributed by atoms with Crippen molar-refractivity contribution in [1.29, 1.82) is 0 Å². The van der Waals surface area contributed by atoms with Gasteiger partial charge in [-0.2, -0.15) is 4.98 Å². The van der Waals surface area contributed by atoms with Crippen LogP contribution in [0.25, 0.3) is 11.4 Å². The summed E-state index contributed by atoms with van der Waals surface area (Å²) in [6.45, 7) is 0. The number of hydrogen-bond acceptors (Lipinski definition) is 3. The van der Waals surface area contributed by atoms with E-state index < -0.39 is 0 Å². The van der Waals surface area contributed by atoms with E-state index in [-0.39, 0.29) is 17.3 Å². The highest BCUT2D eigenvalue weighted by Crippen LogP contribution is 2.35. The molecule has 0 unspecified atom stereocenters. The predicted octanol–water partition coefficient (Wildman–Crippen LogP) is 3.93. The Morgan fingerprint density at radius 1 is 1.17 bits per heavy atom. The average Bonchev–Trinajstić information content (AvgIpc) is 2.54. The molecule has 1 aliphatic rings. The molecule has 0 spiro atoms. The second kappa shape index (κ2) is 5.21. The van der Waals surface area contributed by atoms with Crippen molar-refractivity contribution in [3.63, 3.8) is 0 Å². The standard InChI is InChI=1S/C17H10ClFN2O2/c18-11-3-6-14-10(7-11)8-13-16(22)20-15(21-17(13)23-14)9-1-4-12(19)5-2-9/h1-7H,8H2,(H,20,21,22). The zero-order valence-electron chi connectivity index (χ0n) is 11.8. The highest BCUT2D eigenvalue weighted by Gasteiger charge is 2.22. The number of nitrogens with zero attached hydrogens (tertiary/aromatic N) is 1. The molecular weight excluding hydrogens is 319 g/mol. The second-order valence-corrected chi connectivity index (χ2v) is 5.67. The Morgan fingerprint density at radius 2 is 1.96 bits per heavy atom. The summed E-state index contributed by atoms with van der Waals surface area (Å²) < 4.78 is 18.8. The number of aromatic nitrogens is 2. The number of H-pyrrole nitrogens is 1. The van der Waals surface area contributed by atoms with Gasteiger partial charge in [-0.05, 0) is 42.5 Å². The van der Waals surface area contributed by atoms with Crippen LogP contribution in [0.1, 0.15) is 11.1 Å². The van der Waals surface area contributed by atoms with Gasteiger partial charge in [-0.3, -0.25) is 4.79 Å². The fraction of sp³-hybridized carbons (Fsp3) is 0.0588. The number of hydrogen-bond donors (Lipinski definition) is 1. The van der Waals surface area contributed by atoms with E-state index >= 15 is 0 Å². The van der Waals surface area contributed by atoms with E-state index in [0.29, 0.717) is 34.1 Å². The van der Waals surface area contributed by atoms with E-state index in [2.05, 4.69) is 9.97 Å². The Labute approximate surface area is 135 Å². The summed E-state index contributed by atoms with van der Waals surface area (Å²) in [5.74, 6) is 0.884. The number of fused-ring (bicyclic) bond motifs is 2. The van der Waals surface area contributed by atoms with Crippen LogP contribution in [0.2, 0.25) is 5.02 Å². The van der Waals surface area contributed by atoms with Crippen LogP contribution < -0.4 is 10.3 Å². The Balaban J connectivity index is 1.81.